The zero-order valence-corrected chi connectivity index (χ0v) is 20.1. The Kier molecular flexibility index (Phi) is 5.59. The monoisotopic (exact) mass is 513 g/mol. The minimum absolute atomic E-state index is 0.0223. The number of nitrogens with zero attached hydrogens (tertiary/aromatic N) is 3. The first kappa shape index (κ1) is 23.7. The largest absolute Gasteiger partial charge is 0.480 e. The molecular formula is C28H23N3O7. The standard InChI is InChI=1S/C28H23N3O7/c32-26(33)25-14-28(13-24(29-38-28)17-6-5-7-18(12-17)31(35)36)16-30(25)27(34)37-15-23-21-10-3-1-8-19(21)20-9-2-4-11-22(20)23/h1-12,23,25H,13-16H2,(H,32,33)/t25-,28-/m0/s1. The van der Waals surface area contributed by atoms with Crippen LogP contribution in [-0.4, -0.2) is 57.5 Å². The Morgan fingerprint density at radius 3 is 2.42 bits per heavy atom. The quantitative estimate of drug-likeness (QED) is 0.391. The smallest absolute Gasteiger partial charge is 0.410 e. The van der Waals surface area contributed by atoms with Gasteiger partial charge >= 0.3 is 12.1 Å². The van der Waals surface area contributed by atoms with Crippen LogP contribution < -0.4 is 0 Å². The zero-order chi connectivity index (χ0) is 26.4. The minimum Gasteiger partial charge on any atom is -0.480 e. The van der Waals surface area contributed by atoms with Crippen LogP contribution in [0.2, 0.25) is 0 Å². The van der Waals surface area contributed by atoms with E-state index in [-0.39, 0.29) is 37.6 Å². The first-order chi connectivity index (χ1) is 18.3. The van der Waals surface area contributed by atoms with E-state index in [9.17, 15) is 24.8 Å². The van der Waals surface area contributed by atoms with E-state index in [1.807, 2.05) is 48.5 Å². The maximum atomic E-state index is 13.2. The molecule has 2 aliphatic heterocycles. The average Bonchev–Trinajstić information content (AvgIpc) is 3.62. The molecule has 38 heavy (non-hydrogen) atoms. The van der Waals surface area contributed by atoms with E-state index >= 15 is 0 Å². The van der Waals surface area contributed by atoms with E-state index in [4.69, 9.17) is 9.57 Å². The van der Waals surface area contributed by atoms with Gasteiger partial charge in [-0.05, 0) is 22.3 Å². The highest BCUT2D eigenvalue weighted by molar-refractivity contribution is 6.02. The number of carbonyl (C=O) groups excluding carboxylic acids is 1. The summed E-state index contributed by atoms with van der Waals surface area (Å²) >= 11 is 0. The van der Waals surface area contributed by atoms with Crippen LogP contribution in [0.3, 0.4) is 0 Å². The van der Waals surface area contributed by atoms with Crippen molar-refractivity contribution in [3.63, 3.8) is 0 Å². The van der Waals surface area contributed by atoms with Crippen LogP contribution >= 0.6 is 0 Å². The number of oxime groups is 1. The molecule has 0 unspecified atom stereocenters. The lowest BCUT2D eigenvalue weighted by Gasteiger charge is -2.23. The number of carboxylic acids is 1. The normalized spacial score (nSPS) is 21.5. The van der Waals surface area contributed by atoms with Gasteiger partial charge in [-0.3, -0.25) is 15.0 Å². The number of benzene rings is 3. The number of nitro benzene ring substituents is 1. The number of nitro groups is 1. The highest BCUT2D eigenvalue weighted by atomic mass is 16.7. The number of ether oxygens (including phenoxy) is 1. The van der Waals surface area contributed by atoms with Gasteiger partial charge in [0.2, 0.25) is 0 Å². The number of hydrogen-bond acceptors (Lipinski definition) is 7. The van der Waals surface area contributed by atoms with Crippen LogP contribution in [-0.2, 0) is 14.4 Å². The predicted octanol–water partition coefficient (Wildman–Crippen LogP) is 4.57. The molecule has 0 radical (unpaired) electrons. The molecule has 10 nitrogen and oxygen atoms in total. The molecule has 3 aromatic carbocycles. The summed E-state index contributed by atoms with van der Waals surface area (Å²) in [7, 11) is 0. The molecule has 2 heterocycles. The number of amides is 1. The summed E-state index contributed by atoms with van der Waals surface area (Å²) in [5, 5.41) is 25.1. The Balaban J connectivity index is 1.18. The third-order valence-electron chi connectivity index (χ3n) is 7.49. The summed E-state index contributed by atoms with van der Waals surface area (Å²) < 4.78 is 5.72. The molecule has 0 bridgehead atoms. The third-order valence-corrected chi connectivity index (χ3v) is 7.49. The third kappa shape index (κ3) is 3.94. The van der Waals surface area contributed by atoms with Gasteiger partial charge < -0.3 is 14.7 Å². The van der Waals surface area contributed by atoms with Crippen molar-refractivity contribution < 1.29 is 29.2 Å². The number of carbonyl (C=O) groups is 2. The SMILES string of the molecule is O=C(O)[C@@H]1C[C@@]2(CC(c3cccc([N+](=O)[O-])c3)=NO2)CN1C(=O)OCC1c2ccccc2-c2ccccc21. The Hall–Kier alpha value is -4.73. The zero-order valence-electron chi connectivity index (χ0n) is 20.1. The second-order valence-corrected chi connectivity index (χ2v) is 9.79. The van der Waals surface area contributed by atoms with Crippen molar-refractivity contribution in [3.8, 4) is 11.1 Å². The molecule has 1 fully saturated rings. The fraction of sp³-hybridized carbons (Fsp3) is 0.250. The summed E-state index contributed by atoms with van der Waals surface area (Å²) in [5.74, 6) is -1.32. The summed E-state index contributed by atoms with van der Waals surface area (Å²) in [6.07, 6.45) is -0.497. The Morgan fingerprint density at radius 2 is 1.76 bits per heavy atom. The molecule has 192 valence electrons. The predicted molar refractivity (Wildman–Crippen MR) is 136 cm³/mol. The Labute approximate surface area is 217 Å². The summed E-state index contributed by atoms with van der Waals surface area (Å²) in [5.41, 5.74) is 4.16. The molecule has 3 aromatic rings. The first-order valence-corrected chi connectivity index (χ1v) is 12.2. The van der Waals surface area contributed by atoms with Crippen molar-refractivity contribution in [1.82, 2.24) is 4.90 Å². The van der Waals surface area contributed by atoms with Crippen molar-refractivity contribution in [2.24, 2.45) is 5.16 Å². The molecule has 1 amide bonds. The van der Waals surface area contributed by atoms with Gasteiger partial charge in [0, 0.05) is 36.5 Å². The number of non-ortho nitro benzene ring substituents is 1. The first-order valence-electron chi connectivity index (χ1n) is 12.2. The molecule has 3 aliphatic rings. The molecule has 10 heteroatoms. The molecular weight excluding hydrogens is 490 g/mol. The summed E-state index contributed by atoms with van der Waals surface area (Å²) in [6.45, 7) is 0.0432. The van der Waals surface area contributed by atoms with Crippen molar-refractivity contribution in [1.29, 1.82) is 0 Å². The van der Waals surface area contributed by atoms with E-state index < -0.39 is 28.6 Å². The van der Waals surface area contributed by atoms with Gasteiger partial charge in [0.1, 0.15) is 12.6 Å². The van der Waals surface area contributed by atoms with Crippen molar-refractivity contribution in [2.75, 3.05) is 13.2 Å². The summed E-state index contributed by atoms with van der Waals surface area (Å²) in [6, 6.07) is 20.8. The molecule has 2 atom stereocenters. The van der Waals surface area contributed by atoms with E-state index in [0.717, 1.165) is 22.3 Å². The topological polar surface area (TPSA) is 132 Å². The van der Waals surface area contributed by atoms with Gasteiger partial charge in [-0.2, -0.15) is 0 Å². The highest BCUT2D eigenvalue weighted by Gasteiger charge is 2.54. The maximum Gasteiger partial charge on any atom is 0.410 e. The lowest BCUT2D eigenvalue weighted by Crippen LogP contribution is -2.42. The Bertz CT molecular complexity index is 1460. The van der Waals surface area contributed by atoms with Crippen LogP contribution in [0.15, 0.2) is 78.0 Å². The van der Waals surface area contributed by atoms with Crippen LogP contribution in [0.4, 0.5) is 10.5 Å². The van der Waals surface area contributed by atoms with Crippen LogP contribution in [0, 0.1) is 10.1 Å². The molecule has 6 rings (SSSR count). The lowest BCUT2D eigenvalue weighted by molar-refractivity contribution is -0.384. The van der Waals surface area contributed by atoms with Gasteiger partial charge in [-0.25, -0.2) is 9.59 Å². The number of likely N-dealkylation sites (tertiary alicyclic amines) is 1. The van der Waals surface area contributed by atoms with Gasteiger partial charge in [0.15, 0.2) is 5.60 Å². The lowest BCUT2D eigenvalue weighted by atomic mass is 9.91. The average molecular weight is 514 g/mol. The molecule has 1 aliphatic carbocycles. The van der Waals surface area contributed by atoms with E-state index in [1.54, 1.807) is 12.1 Å². The van der Waals surface area contributed by atoms with Crippen molar-refractivity contribution >= 4 is 23.5 Å². The molecule has 1 spiro atoms. The number of hydrogen-bond donors (Lipinski definition) is 1. The number of rotatable bonds is 5. The fourth-order valence-corrected chi connectivity index (χ4v) is 5.71. The van der Waals surface area contributed by atoms with Crippen LogP contribution in [0.1, 0.15) is 35.4 Å². The Morgan fingerprint density at radius 1 is 1.08 bits per heavy atom. The summed E-state index contributed by atoms with van der Waals surface area (Å²) in [4.78, 5) is 42.9. The van der Waals surface area contributed by atoms with Gasteiger partial charge in [0.05, 0.1) is 17.2 Å². The number of aliphatic carboxylic acids is 1. The van der Waals surface area contributed by atoms with E-state index in [2.05, 4.69) is 5.16 Å². The molecule has 0 saturated carbocycles. The second-order valence-electron chi connectivity index (χ2n) is 9.79. The minimum atomic E-state index is -1.16. The fourth-order valence-electron chi connectivity index (χ4n) is 5.71. The highest BCUT2D eigenvalue weighted by Crippen LogP contribution is 2.45. The van der Waals surface area contributed by atoms with Crippen molar-refractivity contribution in [2.45, 2.75) is 30.4 Å². The molecule has 0 aromatic heterocycles. The molecule has 1 saturated heterocycles. The van der Waals surface area contributed by atoms with Gasteiger partial charge in [-0.15, -0.1) is 0 Å². The second kappa shape index (κ2) is 8.98. The van der Waals surface area contributed by atoms with Gasteiger partial charge in [-0.1, -0.05) is 65.8 Å². The number of carboxylic acid groups (broad SMARTS) is 1. The van der Waals surface area contributed by atoms with E-state index in [1.165, 1.54) is 17.0 Å². The van der Waals surface area contributed by atoms with Gasteiger partial charge in [0.25, 0.3) is 5.69 Å². The van der Waals surface area contributed by atoms with E-state index in [0.29, 0.717) is 11.3 Å². The number of fused-ring (bicyclic) bond motifs is 3. The molecule has 1 N–H and O–H groups in total. The maximum absolute atomic E-state index is 13.2. The van der Waals surface area contributed by atoms with Crippen molar-refractivity contribution in [3.05, 3.63) is 99.6 Å². The van der Waals surface area contributed by atoms with Crippen LogP contribution in [0.25, 0.3) is 11.1 Å². The van der Waals surface area contributed by atoms with Crippen LogP contribution in [0.5, 0.6) is 0 Å².